The van der Waals surface area contributed by atoms with Crippen molar-refractivity contribution in [3.63, 3.8) is 0 Å². The summed E-state index contributed by atoms with van der Waals surface area (Å²) in [7, 11) is 0. The van der Waals surface area contributed by atoms with Gasteiger partial charge >= 0.3 is 0 Å². The van der Waals surface area contributed by atoms with Gasteiger partial charge in [-0.3, -0.25) is 14.9 Å². The highest BCUT2D eigenvalue weighted by molar-refractivity contribution is 7.15. The summed E-state index contributed by atoms with van der Waals surface area (Å²) in [5.74, 6) is -0.0770. The normalized spacial score (nSPS) is 11.0. The number of carbonyl (C=O) groups is 1. The van der Waals surface area contributed by atoms with Gasteiger partial charge in [0.25, 0.3) is 11.5 Å². The Kier molecular flexibility index (Phi) is 3.53. The topological polar surface area (TPSA) is 101 Å². The second kappa shape index (κ2) is 5.38. The lowest BCUT2D eigenvalue weighted by Gasteiger charge is -2.00. The van der Waals surface area contributed by atoms with Gasteiger partial charge in [-0.25, -0.2) is 9.97 Å². The van der Waals surface area contributed by atoms with Crippen LogP contribution in [0.4, 0.5) is 5.13 Å². The van der Waals surface area contributed by atoms with E-state index in [4.69, 9.17) is 4.42 Å². The first-order valence-corrected chi connectivity index (χ1v) is 7.57. The Balaban J connectivity index is 2.02. The highest BCUT2D eigenvalue weighted by atomic mass is 32.1. The van der Waals surface area contributed by atoms with Crippen molar-refractivity contribution in [2.45, 2.75) is 27.2 Å². The summed E-state index contributed by atoms with van der Waals surface area (Å²) in [5.41, 5.74) is 0.886. The summed E-state index contributed by atoms with van der Waals surface area (Å²) in [6.45, 7) is 5.59. The molecule has 3 heterocycles. The fraction of sp³-hybridized carbons (Fsp3) is 0.286. The van der Waals surface area contributed by atoms with Crippen molar-refractivity contribution in [2.24, 2.45) is 0 Å². The van der Waals surface area contributed by atoms with Gasteiger partial charge in [-0.1, -0.05) is 6.92 Å². The minimum Gasteiger partial charge on any atom is -0.442 e. The zero-order valence-electron chi connectivity index (χ0n) is 12.3. The highest BCUT2D eigenvalue weighted by Gasteiger charge is 2.22. The van der Waals surface area contributed by atoms with Crippen molar-refractivity contribution in [1.82, 2.24) is 15.0 Å². The molecule has 22 heavy (non-hydrogen) atoms. The molecule has 3 aromatic heterocycles. The van der Waals surface area contributed by atoms with Crippen LogP contribution in [0.15, 0.2) is 15.5 Å². The lowest BCUT2D eigenvalue weighted by atomic mass is 10.2. The number of anilines is 1. The van der Waals surface area contributed by atoms with Crippen molar-refractivity contribution in [1.29, 1.82) is 0 Å². The molecular formula is C14H14N4O3S. The average Bonchev–Trinajstić information content (AvgIpc) is 2.98. The molecule has 0 unspecified atom stereocenters. The number of carbonyl (C=O) groups excluding carboxylic acids is 1. The van der Waals surface area contributed by atoms with E-state index in [0.717, 1.165) is 17.0 Å². The predicted octanol–water partition coefficient (Wildman–Crippen LogP) is 2.40. The molecule has 0 aliphatic heterocycles. The Bertz CT molecular complexity index is 922. The summed E-state index contributed by atoms with van der Waals surface area (Å²) in [6.07, 6.45) is 2.04. The second-order valence-electron chi connectivity index (χ2n) is 4.77. The molecule has 114 valence electrons. The number of rotatable bonds is 3. The lowest BCUT2D eigenvalue weighted by molar-refractivity contribution is 0.102. The maximum Gasteiger partial charge on any atom is 0.262 e. The Morgan fingerprint density at radius 2 is 2.23 bits per heavy atom. The van der Waals surface area contributed by atoms with Gasteiger partial charge in [0.2, 0.25) is 5.71 Å². The van der Waals surface area contributed by atoms with Crippen LogP contribution in [0, 0.1) is 13.8 Å². The zero-order chi connectivity index (χ0) is 15.9. The molecule has 3 aromatic rings. The summed E-state index contributed by atoms with van der Waals surface area (Å²) >= 11 is 1.40. The number of hydrogen-bond acceptors (Lipinski definition) is 6. The van der Waals surface area contributed by atoms with Gasteiger partial charge in [0.1, 0.15) is 11.1 Å². The first kappa shape index (κ1) is 14.5. The second-order valence-corrected chi connectivity index (χ2v) is 5.98. The molecule has 0 radical (unpaired) electrons. The van der Waals surface area contributed by atoms with Gasteiger partial charge in [0, 0.05) is 4.88 Å². The molecule has 3 rings (SSSR count). The first-order chi connectivity index (χ1) is 10.5. The quantitative estimate of drug-likeness (QED) is 0.772. The standard InChI is InChI=1S/C14H14N4O3S/c1-4-8-7(3)22-14(17-8)18-12(20)9-6(2)21-13-10(9)11(19)15-5-16-13/h5H,4H2,1-3H3,(H,15,16,19)(H,17,18,20). The van der Waals surface area contributed by atoms with E-state index in [1.54, 1.807) is 6.92 Å². The first-order valence-electron chi connectivity index (χ1n) is 6.75. The molecule has 7 nitrogen and oxygen atoms in total. The van der Waals surface area contributed by atoms with Crippen molar-refractivity contribution < 1.29 is 9.21 Å². The molecule has 0 aliphatic carbocycles. The van der Waals surface area contributed by atoms with E-state index in [-0.39, 0.29) is 16.7 Å². The molecule has 2 N–H and O–H groups in total. The van der Waals surface area contributed by atoms with E-state index < -0.39 is 11.5 Å². The Labute approximate surface area is 129 Å². The smallest absolute Gasteiger partial charge is 0.262 e. The molecular weight excluding hydrogens is 304 g/mol. The Hall–Kier alpha value is -2.48. The SMILES string of the molecule is CCc1nc(NC(=O)c2c(C)oc3nc[nH]c(=O)c23)sc1C. The number of fused-ring (bicyclic) bond motifs is 1. The van der Waals surface area contributed by atoms with Gasteiger partial charge in [-0.05, 0) is 20.3 Å². The van der Waals surface area contributed by atoms with Gasteiger partial charge < -0.3 is 9.40 Å². The molecule has 0 fully saturated rings. The molecule has 0 saturated heterocycles. The fourth-order valence-corrected chi connectivity index (χ4v) is 3.19. The van der Waals surface area contributed by atoms with Crippen molar-refractivity contribution >= 4 is 33.5 Å². The van der Waals surface area contributed by atoms with E-state index >= 15 is 0 Å². The molecule has 0 aliphatic rings. The van der Waals surface area contributed by atoms with Crippen LogP contribution in [0.2, 0.25) is 0 Å². The minimum absolute atomic E-state index is 0.149. The van der Waals surface area contributed by atoms with E-state index in [1.807, 2.05) is 13.8 Å². The fourth-order valence-electron chi connectivity index (χ4n) is 2.30. The summed E-state index contributed by atoms with van der Waals surface area (Å²) < 4.78 is 5.38. The number of aryl methyl sites for hydroxylation is 3. The molecule has 0 atom stereocenters. The van der Waals surface area contributed by atoms with Crippen LogP contribution in [-0.2, 0) is 6.42 Å². The molecule has 0 spiro atoms. The maximum absolute atomic E-state index is 12.5. The highest BCUT2D eigenvalue weighted by Crippen LogP contribution is 2.25. The molecule has 0 saturated carbocycles. The van der Waals surface area contributed by atoms with Crippen LogP contribution >= 0.6 is 11.3 Å². The van der Waals surface area contributed by atoms with Crippen molar-refractivity contribution in [3.05, 3.63) is 38.6 Å². The number of amides is 1. The third-order valence-corrected chi connectivity index (χ3v) is 4.27. The third-order valence-electron chi connectivity index (χ3n) is 3.35. The largest absolute Gasteiger partial charge is 0.442 e. The average molecular weight is 318 g/mol. The van der Waals surface area contributed by atoms with Crippen LogP contribution < -0.4 is 10.9 Å². The maximum atomic E-state index is 12.5. The number of H-pyrrole nitrogens is 1. The van der Waals surface area contributed by atoms with Crippen LogP contribution in [0.25, 0.3) is 11.1 Å². The van der Waals surface area contributed by atoms with Crippen molar-refractivity contribution in [2.75, 3.05) is 5.32 Å². The number of nitrogens with one attached hydrogen (secondary N) is 2. The van der Waals surface area contributed by atoms with Gasteiger partial charge in [-0.15, -0.1) is 11.3 Å². The summed E-state index contributed by atoms with van der Waals surface area (Å²) in [6, 6.07) is 0. The van der Waals surface area contributed by atoms with E-state index in [2.05, 4.69) is 20.3 Å². The molecule has 8 heteroatoms. The van der Waals surface area contributed by atoms with Crippen LogP contribution in [0.3, 0.4) is 0 Å². The minimum atomic E-state index is -0.425. The number of nitrogens with zero attached hydrogens (tertiary/aromatic N) is 2. The van der Waals surface area contributed by atoms with Gasteiger partial charge in [0.05, 0.1) is 17.6 Å². The molecule has 1 amide bonds. The third kappa shape index (κ3) is 2.31. The number of aromatic nitrogens is 3. The molecule has 0 bridgehead atoms. The monoisotopic (exact) mass is 318 g/mol. The van der Waals surface area contributed by atoms with Crippen molar-refractivity contribution in [3.8, 4) is 0 Å². The van der Waals surface area contributed by atoms with E-state index in [1.165, 1.54) is 17.7 Å². The van der Waals surface area contributed by atoms with Crippen LogP contribution in [0.5, 0.6) is 0 Å². The van der Waals surface area contributed by atoms with E-state index in [0.29, 0.717) is 10.9 Å². The Morgan fingerprint density at radius 3 is 2.91 bits per heavy atom. The zero-order valence-corrected chi connectivity index (χ0v) is 13.1. The lowest BCUT2D eigenvalue weighted by Crippen LogP contribution is -2.16. The van der Waals surface area contributed by atoms with E-state index in [9.17, 15) is 9.59 Å². The summed E-state index contributed by atoms with van der Waals surface area (Å²) in [4.78, 5) is 36.2. The van der Waals surface area contributed by atoms with Crippen LogP contribution in [-0.4, -0.2) is 20.9 Å². The number of aromatic amines is 1. The van der Waals surface area contributed by atoms with Crippen LogP contribution in [0.1, 0.15) is 33.6 Å². The molecule has 0 aromatic carbocycles. The van der Waals surface area contributed by atoms with Gasteiger partial charge in [0.15, 0.2) is 5.13 Å². The number of furan rings is 1. The predicted molar refractivity (Wildman–Crippen MR) is 83.5 cm³/mol. The number of hydrogen-bond donors (Lipinski definition) is 2. The number of thiazole rings is 1. The Morgan fingerprint density at radius 1 is 1.45 bits per heavy atom. The summed E-state index contributed by atoms with van der Waals surface area (Å²) in [5, 5.41) is 3.39. The van der Waals surface area contributed by atoms with Gasteiger partial charge in [-0.2, -0.15) is 0 Å².